The van der Waals surface area contributed by atoms with Crippen LogP contribution in [0, 0.1) is 0 Å². The van der Waals surface area contributed by atoms with Crippen molar-refractivity contribution in [2.75, 3.05) is 0 Å². The third-order valence-electron chi connectivity index (χ3n) is 2.83. The summed E-state index contributed by atoms with van der Waals surface area (Å²) in [7, 11) is 0. The molecule has 1 aliphatic heterocycles. The Bertz CT molecular complexity index is 145. The van der Waals surface area contributed by atoms with Crippen LogP contribution >= 0.6 is 0 Å². The summed E-state index contributed by atoms with van der Waals surface area (Å²) in [5.41, 5.74) is 0. The van der Waals surface area contributed by atoms with Crippen LogP contribution in [-0.2, 0) is 0 Å². The molecule has 78 valence electrons. The number of aliphatic hydroxyl groups excluding tert-OH is 3. The number of aliphatic hydroxyl groups is 3. The van der Waals surface area contributed by atoms with E-state index in [2.05, 4.69) is 5.32 Å². The van der Waals surface area contributed by atoms with Gasteiger partial charge in [0.25, 0.3) is 0 Å². The molecule has 13 heavy (non-hydrogen) atoms. The highest BCUT2D eigenvalue weighted by atomic mass is 16.4. The smallest absolute Gasteiger partial charge is 0.109 e. The molecule has 5 atom stereocenters. The second-order valence-electron chi connectivity index (χ2n) is 3.67. The lowest BCUT2D eigenvalue weighted by atomic mass is 9.88. The maximum atomic E-state index is 9.55. The molecule has 0 bridgehead atoms. The third-order valence-corrected chi connectivity index (χ3v) is 2.83. The van der Waals surface area contributed by atoms with Gasteiger partial charge in [0.15, 0.2) is 0 Å². The Morgan fingerprint density at radius 2 is 1.23 bits per heavy atom. The monoisotopic (exact) mass is 189 g/mol. The Labute approximate surface area is 78.6 Å². The number of nitrogens with one attached hydrogen (secondary N) is 1. The van der Waals surface area contributed by atoms with Crippen molar-refractivity contribution in [3.05, 3.63) is 0 Å². The first-order chi connectivity index (χ1) is 6.11. The largest absolute Gasteiger partial charge is 0.389 e. The van der Waals surface area contributed by atoms with Crippen molar-refractivity contribution in [3.8, 4) is 0 Å². The number of hydrogen-bond donors (Lipinski definition) is 4. The van der Waals surface area contributed by atoms with Crippen molar-refractivity contribution >= 4 is 0 Å². The molecule has 4 nitrogen and oxygen atoms in total. The van der Waals surface area contributed by atoms with Gasteiger partial charge in [-0.2, -0.15) is 0 Å². The SMILES string of the molecule is CC[C@H]1N[C@H](CC)[C@@H](O)C(O)[C@H]1O. The van der Waals surface area contributed by atoms with Crippen LogP contribution in [0.2, 0.25) is 0 Å². The molecule has 0 aromatic carbocycles. The van der Waals surface area contributed by atoms with Crippen LogP contribution < -0.4 is 5.32 Å². The van der Waals surface area contributed by atoms with E-state index in [-0.39, 0.29) is 12.1 Å². The Hall–Kier alpha value is -0.160. The molecule has 0 aromatic heterocycles. The third kappa shape index (κ3) is 2.02. The van der Waals surface area contributed by atoms with Gasteiger partial charge in [0, 0.05) is 12.1 Å². The van der Waals surface area contributed by atoms with Gasteiger partial charge >= 0.3 is 0 Å². The molecule has 0 amide bonds. The topological polar surface area (TPSA) is 72.7 Å². The molecule has 0 aromatic rings. The summed E-state index contributed by atoms with van der Waals surface area (Å²) in [5, 5.41) is 31.7. The van der Waals surface area contributed by atoms with Crippen molar-refractivity contribution in [2.45, 2.75) is 57.1 Å². The molecule has 4 N–H and O–H groups in total. The summed E-state index contributed by atoms with van der Waals surface area (Å²) < 4.78 is 0. The summed E-state index contributed by atoms with van der Waals surface area (Å²) in [4.78, 5) is 0. The zero-order valence-electron chi connectivity index (χ0n) is 8.14. The first-order valence-corrected chi connectivity index (χ1v) is 4.92. The summed E-state index contributed by atoms with van der Waals surface area (Å²) in [6.07, 6.45) is -1.23. The fourth-order valence-corrected chi connectivity index (χ4v) is 1.87. The highest BCUT2D eigenvalue weighted by Gasteiger charge is 2.40. The van der Waals surface area contributed by atoms with Crippen molar-refractivity contribution in [1.29, 1.82) is 0 Å². The summed E-state index contributed by atoms with van der Waals surface area (Å²) in [6.45, 7) is 3.88. The summed E-state index contributed by atoms with van der Waals surface area (Å²) in [6, 6.07) is -0.216. The van der Waals surface area contributed by atoms with E-state index in [0.29, 0.717) is 0 Å². The molecule has 1 unspecified atom stereocenters. The Morgan fingerprint density at radius 1 is 0.846 bits per heavy atom. The minimum Gasteiger partial charge on any atom is -0.389 e. The predicted octanol–water partition coefficient (Wildman–Crippen LogP) is -0.771. The van der Waals surface area contributed by atoms with Crippen LogP contribution in [0.15, 0.2) is 0 Å². The second-order valence-corrected chi connectivity index (χ2v) is 3.67. The van der Waals surface area contributed by atoms with Crippen LogP contribution in [0.4, 0.5) is 0 Å². The number of piperidine rings is 1. The fourth-order valence-electron chi connectivity index (χ4n) is 1.87. The van der Waals surface area contributed by atoms with Gasteiger partial charge in [-0.25, -0.2) is 0 Å². The molecular formula is C9H19NO3. The molecule has 1 rings (SSSR count). The summed E-state index contributed by atoms with van der Waals surface area (Å²) >= 11 is 0. The highest BCUT2D eigenvalue weighted by molar-refractivity contribution is 4.97. The molecule has 0 saturated carbocycles. The molecule has 1 saturated heterocycles. The average Bonchev–Trinajstić information content (AvgIpc) is 2.15. The van der Waals surface area contributed by atoms with Gasteiger partial charge in [-0.15, -0.1) is 0 Å². The molecular weight excluding hydrogens is 170 g/mol. The van der Waals surface area contributed by atoms with Crippen LogP contribution in [0.25, 0.3) is 0 Å². The molecule has 0 aliphatic carbocycles. The van der Waals surface area contributed by atoms with Gasteiger partial charge in [0.1, 0.15) is 6.10 Å². The summed E-state index contributed by atoms with van der Waals surface area (Å²) in [5.74, 6) is 0. The van der Waals surface area contributed by atoms with E-state index in [1.807, 2.05) is 13.8 Å². The van der Waals surface area contributed by atoms with Crippen molar-refractivity contribution in [3.63, 3.8) is 0 Å². The first kappa shape index (κ1) is 10.9. The van der Waals surface area contributed by atoms with E-state index in [4.69, 9.17) is 0 Å². The van der Waals surface area contributed by atoms with Crippen molar-refractivity contribution in [2.24, 2.45) is 0 Å². The van der Waals surface area contributed by atoms with Gasteiger partial charge in [0.05, 0.1) is 12.2 Å². The number of rotatable bonds is 2. The quantitative estimate of drug-likeness (QED) is 0.460. The van der Waals surface area contributed by atoms with E-state index >= 15 is 0 Å². The lowest BCUT2D eigenvalue weighted by molar-refractivity contribution is -0.114. The molecule has 4 heteroatoms. The van der Waals surface area contributed by atoms with E-state index in [1.54, 1.807) is 0 Å². The highest BCUT2D eigenvalue weighted by Crippen LogP contribution is 2.18. The van der Waals surface area contributed by atoms with Crippen molar-refractivity contribution < 1.29 is 15.3 Å². The maximum Gasteiger partial charge on any atom is 0.109 e. The minimum atomic E-state index is -1.02. The van der Waals surface area contributed by atoms with Crippen LogP contribution in [-0.4, -0.2) is 45.7 Å². The first-order valence-electron chi connectivity index (χ1n) is 4.92. The molecule has 1 fully saturated rings. The van der Waals surface area contributed by atoms with Gasteiger partial charge in [0.2, 0.25) is 0 Å². The Morgan fingerprint density at radius 3 is 1.54 bits per heavy atom. The zero-order chi connectivity index (χ0) is 10.0. The number of hydrogen-bond acceptors (Lipinski definition) is 4. The normalized spacial score (nSPS) is 46.4. The van der Waals surface area contributed by atoms with E-state index in [0.717, 1.165) is 12.8 Å². The van der Waals surface area contributed by atoms with Gasteiger partial charge in [-0.05, 0) is 12.8 Å². The Kier molecular flexibility index (Phi) is 3.67. The lowest BCUT2D eigenvalue weighted by Gasteiger charge is -2.41. The van der Waals surface area contributed by atoms with Gasteiger partial charge < -0.3 is 20.6 Å². The van der Waals surface area contributed by atoms with Gasteiger partial charge in [-0.1, -0.05) is 13.8 Å². The fraction of sp³-hybridized carbons (Fsp3) is 1.00. The molecule has 1 aliphatic rings. The maximum absolute atomic E-state index is 9.55. The zero-order valence-corrected chi connectivity index (χ0v) is 8.14. The molecule has 0 radical (unpaired) electrons. The van der Waals surface area contributed by atoms with Crippen LogP contribution in [0.3, 0.4) is 0 Å². The molecule has 0 spiro atoms. The van der Waals surface area contributed by atoms with E-state index < -0.39 is 18.3 Å². The van der Waals surface area contributed by atoms with Crippen LogP contribution in [0.1, 0.15) is 26.7 Å². The van der Waals surface area contributed by atoms with E-state index in [9.17, 15) is 15.3 Å². The molecule has 1 heterocycles. The standard InChI is InChI=1S/C9H19NO3/c1-3-5-7(11)9(13)8(12)6(4-2)10-5/h5-13H,3-4H2,1-2H3/t5-,6-,7-,8+,9?/m1/s1. The second kappa shape index (κ2) is 4.37. The van der Waals surface area contributed by atoms with Crippen LogP contribution in [0.5, 0.6) is 0 Å². The minimum absolute atomic E-state index is 0.108. The van der Waals surface area contributed by atoms with E-state index in [1.165, 1.54) is 0 Å². The predicted molar refractivity (Wildman–Crippen MR) is 49.3 cm³/mol. The Balaban J connectivity index is 2.66. The average molecular weight is 189 g/mol. The lowest BCUT2D eigenvalue weighted by Crippen LogP contribution is -2.64. The van der Waals surface area contributed by atoms with Gasteiger partial charge in [-0.3, -0.25) is 0 Å². The van der Waals surface area contributed by atoms with Crippen molar-refractivity contribution in [1.82, 2.24) is 5.32 Å².